The molecule has 5 nitrogen and oxygen atoms in total. The fourth-order valence-corrected chi connectivity index (χ4v) is 2.25. The number of rotatable bonds is 3. The molecule has 1 aromatic rings. The summed E-state index contributed by atoms with van der Waals surface area (Å²) in [4.78, 5) is 3.97. The van der Waals surface area contributed by atoms with Gasteiger partial charge in [-0.15, -0.1) is 10.2 Å². The van der Waals surface area contributed by atoms with E-state index in [2.05, 4.69) is 20.5 Å². The molecule has 1 aromatic heterocycles. The molecule has 88 valence electrons. The summed E-state index contributed by atoms with van der Waals surface area (Å²) in [6.07, 6.45) is 3.94. The van der Waals surface area contributed by atoms with Gasteiger partial charge in [-0.3, -0.25) is 0 Å². The number of hydrogen-bond donors (Lipinski definition) is 2. The molecule has 0 aliphatic heterocycles. The summed E-state index contributed by atoms with van der Waals surface area (Å²) >= 11 is 11.5. The topological polar surface area (TPSA) is 70.9 Å². The van der Waals surface area contributed by atoms with E-state index in [0.717, 1.165) is 25.7 Å². The highest BCUT2D eigenvalue weighted by molar-refractivity contribution is 6.32. The monoisotopic (exact) mass is 262 g/mol. The molecule has 0 radical (unpaired) electrons. The summed E-state index contributed by atoms with van der Waals surface area (Å²) in [5.74, 6) is 0.387. The summed E-state index contributed by atoms with van der Waals surface area (Å²) in [6, 6.07) is 0. The number of hydrogen-bond acceptors (Lipinski definition) is 5. The average molecular weight is 263 g/mol. The van der Waals surface area contributed by atoms with Gasteiger partial charge >= 0.3 is 0 Å². The van der Waals surface area contributed by atoms with Crippen LogP contribution in [-0.4, -0.2) is 32.4 Å². The van der Waals surface area contributed by atoms with Crippen LogP contribution in [0.15, 0.2) is 0 Å². The van der Waals surface area contributed by atoms with E-state index in [1.54, 1.807) is 0 Å². The van der Waals surface area contributed by atoms with Crippen molar-refractivity contribution >= 4 is 29.0 Å². The fraction of sp³-hybridized carbons (Fsp3) is 0.667. The van der Waals surface area contributed by atoms with E-state index in [1.807, 2.05) is 0 Å². The lowest BCUT2D eigenvalue weighted by atomic mass is 9.99. The quantitative estimate of drug-likeness (QED) is 0.871. The molecule has 0 bridgehead atoms. The lowest BCUT2D eigenvalue weighted by molar-refractivity contribution is 0.213. The van der Waals surface area contributed by atoms with Crippen LogP contribution in [0.1, 0.15) is 25.7 Å². The van der Waals surface area contributed by atoms with Gasteiger partial charge in [0.15, 0.2) is 11.0 Å². The highest BCUT2D eigenvalue weighted by Gasteiger charge is 2.34. The van der Waals surface area contributed by atoms with E-state index in [0.29, 0.717) is 5.82 Å². The maximum atomic E-state index is 9.44. The first-order valence-corrected chi connectivity index (χ1v) is 5.86. The van der Waals surface area contributed by atoms with Crippen LogP contribution in [0.4, 0.5) is 5.82 Å². The minimum absolute atomic E-state index is 0.0398. The molecule has 0 spiro atoms. The fourth-order valence-electron chi connectivity index (χ4n) is 2.00. The van der Waals surface area contributed by atoms with Crippen LogP contribution < -0.4 is 5.32 Å². The second-order valence-electron chi connectivity index (χ2n) is 3.99. The van der Waals surface area contributed by atoms with Crippen molar-refractivity contribution < 1.29 is 5.11 Å². The molecule has 2 N–H and O–H groups in total. The normalized spacial score (nSPS) is 18.7. The van der Waals surface area contributed by atoms with Crippen LogP contribution >= 0.6 is 23.2 Å². The Morgan fingerprint density at radius 3 is 2.56 bits per heavy atom. The number of anilines is 1. The van der Waals surface area contributed by atoms with E-state index in [9.17, 15) is 5.11 Å². The SMILES string of the molecule is OCC1(Nc2nc(Cl)nnc2Cl)CCCC1. The van der Waals surface area contributed by atoms with Gasteiger partial charge in [0.1, 0.15) is 0 Å². The summed E-state index contributed by atoms with van der Waals surface area (Å²) in [6.45, 7) is 0.0466. The van der Waals surface area contributed by atoms with Gasteiger partial charge in [-0.1, -0.05) is 24.4 Å². The zero-order valence-corrected chi connectivity index (χ0v) is 10.1. The van der Waals surface area contributed by atoms with E-state index in [4.69, 9.17) is 23.2 Å². The predicted octanol–water partition coefficient (Wildman–Crippen LogP) is 1.90. The van der Waals surface area contributed by atoms with Crippen LogP contribution in [0.5, 0.6) is 0 Å². The third-order valence-corrected chi connectivity index (χ3v) is 3.28. The Kier molecular flexibility index (Phi) is 3.47. The molecule has 0 saturated heterocycles. The van der Waals surface area contributed by atoms with Gasteiger partial charge in [-0.25, -0.2) is 0 Å². The Morgan fingerprint density at radius 1 is 1.25 bits per heavy atom. The first-order valence-electron chi connectivity index (χ1n) is 5.10. The van der Waals surface area contributed by atoms with E-state index < -0.39 is 0 Å². The minimum atomic E-state index is -0.344. The maximum absolute atomic E-state index is 9.44. The van der Waals surface area contributed by atoms with Crippen molar-refractivity contribution in [2.24, 2.45) is 0 Å². The van der Waals surface area contributed by atoms with Crippen LogP contribution in [0, 0.1) is 0 Å². The largest absolute Gasteiger partial charge is 0.394 e. The zero-order chi connectivity index (χ0) is 11.6. The number of aromatic nitrogens is 3. The van der Waals surface area contributed by atoms with E-state index in [-0.39, 0.29) is 22.6 Å². The molecular formula is C9H12Cl2N4O. The lowest BCUT2D eigenvalue weighted by Crippen LogP contribution is -2.39. The van der Waals surface area contributed by atoms with E-state index in [1.165, 1.54) is 0 Å². The van der Waals surface area contributed by atoms with Crippen LogP contribution in [0.2, 0.25) is 10.4 Å². The number of nitrogens with one attached hydrogen (secondary N) is 1. The van der Waals surface area contributed by atoms with Crippen LogP contribution in [-0.2, 0) is 0 Å². The Hall–Kier alpha value is -0.650. The minimum Gasteiger partial charge on any atom is -0.394 e. The van der Waals surface area contributed by atoms with Crippen molar-refractivity contribution in [1.82, 2.24) is 15.2 Å². The molecule has 1 aliphatic rings. The number of nitrogens with zero attached hydrogens (tertiary/aromatic N) is 3. The summed E-state index contributed by atoms with van der Waals surface area (Å²) < 4.78 is 0. The van der Waals surface area contributed by atoms with Gasteiger partial charge < -0.3 is 10.4 Å². The van der Waals surface area contributed by atoms with E-state index >= 15 is 0 Å². The van der Waals surface area contributed by atoms with Crippen molar-refractivity contribution in [1.29, 1.82) is 0 Å². The third kappa shape index (κ3) is 2.36. The smallest absolute Gasteiger partial charge is 0.245 e. The molecule has 0 unspecified atom stereocenters. The molecule has 1 fully saturated rings. The molecule has 1 heterocycles. The van der Waals surface area contributed by atoms with Crippen molar-refractivity contribution in [2.45, 2.75) is 31.2 Å². The Morgan fingerprint density at radius 2 is 1.94 bits per heavy atom. The molecule has 0 atom stereocenters. The van der Waals surface area contributed by atoms with Gasteiger partial charge in [0, 0.05) is 0 Å². The van der Waals surface area contributed by atoms with Crippen LogP contribution in [0.3, 0.4) is 0 Å². The second kappa shape index (κ2) is 4.69. The van der Waals surface area contributed by atoms with Gasteiger partial charge in [0.2, 0.25) is 5.28 Å². The first-order chi connectivity index (χ1) is 7.65. The summed E-state index contributed by atoms with van der Waals surface area (Å²) in [5.41, 5.74) is -0.344. The standard InChI is InChI=1S/C9H12Cl2N4O/c10-6-7(12-8(11)15-14-6)13-9(5-16)3-1-2-4-9/h16H,1-5H2,(H,12,13,15). The Labute approximate surface area is 103 Å². The molecular weight excluding hydrogens is 251 g/mol. The van der Waals surface area contributed by atoms with Crippen LogP contribution in [0.25, 0.3) is 0 Å². The van der Waals surface area contributed by atoms with Crippen molar-refractivity contribution in [2.75, 3.05) is 11.9 Å². The molecule has 16 heavy (non-hydrogen) atoms. The zero-order valence-electron chi connectivity index (χ0n) is 8.58. The van der Waals surface area contributed by atoms with Crippen molar-refractivity contribution in [3.8, 4) is 0 Å². The van der Waals surface area contributed by atoms with Crippen molar-refractivity contribution in [3.05, 3.63) is 10.4 Å². The predicted molar refractivity (Wildman–Crippen MR) is 61.8 cm³/mol. The number of aliphatic hydroxyl groups excluding tert-OH is 1. The number of halogens is 2. The highest BCUT2D eigenvalue weighted by Crippen LogP contribution is 2.33. The van der Waals surface area contributed by atoms with Gasteiger partial charge in [-0.05, 0) is 24.4 Å². The Bertz CT molecular complexity index is 382. The maximum Gasteiger partial charge on any atom is 0.245 e. The summed E-state index contributed by atoms with van der Waals surface area (Å²) in [5, 5.41) is 20.0. The number of aliphatic hydroxyl groups is 1. The third-order valence-electron chi connectivity index (χ3n) is 2.87. The first kappa shape index (κ1) is 11.8. The molecule has 1 saturated carbocycles. The van der Waals surface area contributed by atoms with Gasteiger partial charge in [-0.2, -0.15) is 4.98 Å². The Balaban J connectivity index is 2.21. The molecule has 1 aliphatic carbocycles. The second-order valence-corrected chi connectivity index (χ2v) is 4.69. The molecule has 7 heteroatoms. The highest BCUT2D eigenvalue weighted by atomic mass is 35.5. The van der Waals surface area contributed by atoms with Crippen molar-refractivity contribution in [3.63, 3.8) is 0 Å². The molecule has 0 amide bonds. The summed E-state index contributed by atoms with van der Waals surface area (Å²) in [7, 11) is 0. The van der Waals surface area contributed by atoms with Gasteiger partial charge in [0.25, 0.3) is 0 Å². The molecule has 0 aromatic carbocycles. The lowest BCUT2D eigenvalue weighted by Gasteiger charge is -2.28. The average Bonchev–Trinajstić information content (AvgIpc) is 2.73. The molecule has 2 rings (SSSR count). The van der Waals surface area contributed by atoms with Gasteiger partial charge in [0.05, 0.1) is 12.1 Å².